The van der Waals surface area contributed by atoms with E-state index >= 15 is 0 Å². The third-order valence-electron chi connectivity index (χ3n) is 13.3. The minimum Gasteiger partial charge on any atom is -0.310 e. The van der Waals surface area contributed by atoms with Gasteiger partial charge in [0.2, 0.25) is 0 Å². The number of benzene rings is 12. The largest absolute Gasteiger partial charge is 0.310 e. The van der Waals surface area contributed by atoms with E-state index in [2.05, 4.69) is 289 Å². The fraction of sp³-hybridized carbons (Fsp3) is 0. The summed E-state index contributed by atoms with van der Waals surface area (Å²) in [6, 6.07) is 101. The molecule has 0 aliphatic carbocycles. The molecule has 12 aromatic carbocycles. The van der Waals surface area contributed by atoms with Gasteiger partial charge in [0.1, 0.15) is 0 Å². The highest BCUT2D eigenvalue weighted by Gasteiger charge is 2.23. The van der Waals surface area contributed by atoms with Gasteiger partial charge in [-0.2, -0.15) is 0 Å². The van der Waals surface area contributed by atoms with Crippen LogP contribution in [-0.4, -0.2) is 0 Å². The van der Waals surface area contributed by atoms with Crippen LogP contribution >= 0.6 is 0 Å². The number of fused-ring (bicyclic) bond motifs is 6. The number of para-hydroxylation sites is 2. The molecule has 0 N–H and O–H groups in total. The summed E-state index contributed by atoms with van der Waals surface area (Å²) in [5, 5.41) is 7.50. The predicted octanol–water partition coefficient (Wildman–Crippen LogP) is 18.8. The predicted molar refractivity (Wildman–Crippen MR) is 290 cm³/mol. The van der Waals surface area contributed by atoms with E-state index in [1.807, 2.05) is 0 Å². The zero-order valence-corrected chi connectivity index (χ0v) is 37.5. The molecule has 0 aliphatic rings. The molecule has 0 unspecified atom stereocenters. The van der Waals surface area contributed by atoms with Crippen LogP contribution in [-0.2, 0) is 0 Å². The van der Waals surface area contributed by atoms with Crippen LogP contribution in [0.2, 0.25) is 0 Å². The number of hydrogen-bond donors (Lipinski definition) is 0. The lowest BCUT2D eigenvalue weighted by Gasteiger charge is -2.31. The van der Waals surface area contributed by atoms with Gasteiger partial charge in [-0.05, 0) is 126 Å². The van der Waals surface area contributed by atoms with Crippen molar-refractivity contribution >= 4 is 66.4 Å². The summed E-state index contributed by atoms with van der Waals surface area (Å²) in [4.78, 5) is 4.85. The minimum absolute atomic E-state index is 1.07. The third kappa shape index (κ3) is 7.54. The molecule has 0 spiro atoms. The quantitative estimate of drug-likeness (QED) is 0.126. The molecule has 0 aromatic heterocycles. The summed E-state index contributed by atoms with van der Waals surface area (Å²) in [7, 11) is 0. The average molecular weight is 867 g/mol. The van der Waals surface area contributed by atoms with E-state index in [1.54, 1.807) is 0 Å². The van der Waals surface area contributed by atoms with Gasteiger partial charge >= 0.3 is 0 Å². The SMILES string of the molecule is c1ccc(-c2ccc(N(c3ccc(-c4ccccc4)cc3)c3ccccc3-c3ccccc3N(c3ccc(-c4ccccc4)cc3)c3ccc4c5ccccc5c5ccccc5c4c3)cc2)cc1. The van der Waals surface area contributed by atoms with E-state index in [0.717, 1.165) is 45.3 Å². The normalized spacial score (nSPS) is 11.2. The number of hydrogen-bond acceptors (Lipinski definition) is 2. The summed E-state index contributed by atoms with van der Waals surface area (Å²) in [6.45, 7) is 0. The maximum Gasteiger partial charge on any atom is 0.0540 e. The van der Waals surface area contributed by atoms with Gasteiger partial charge in [-0.1, -0.05) is 218 Å². The molecule has 0 bridgehead atoms. The van der Waals surface area contributed by atoms with E-state index in [0.29, 0.717) is 0 Å². The summed E-state index contributed by atoms with van der Waals surface area (Å²) < 4.78 is 0. The van der Waals surface area contributed by atoms with Gasteiger partial charge in [0, 0.05) is 33.9 Å². The maximum absolute atomic E-state index is 2.44. The number of rotatable bonds is 10. The van der Waals surface area contributed by atoms with Crippen LogP contribution in [0.1, 0.15) is 0 Å². The van der Waals surface area contributed by atoms with Crippen LogP contribution in [0.15, 0.2) is 279 Å². The molecule has 0 atom stereocenters. The van der Waals surface area contributed by atoms with Crippen molar-refractivity contribution in [3.05, 3.63) is 279 Å². The lowest BCUT2D eigenvalue weighted by Crippen LogP contribution is -2.13. The Morgan fingerprint density at radius 2 is 0.441 bits per heavy atom. The Hall–Kier alpha value is -8.98. The lowest BCUT2D eigenvalue weighted by molar-refractivity contribution is 1.27. The molecule has 0 radical (unpaired) electrons. The van der Waals surface area contributed by atoms with Crippen molar-refractivity contribution in [1.29, 1.82) is 0 Å². The number of anilines is 6. The van der Waals surface area contributed by atoms with Gasteiger partial charge in [0.15, 0.2) is 0 Å². The second-order valence-electron chi connectivity index (χ2n) is 17.3. The van der Waals surface area contributed by atoms with Crippen LogP contribution in [0.5, 0.6) is 0 Å². The second kappa shape index (κ2) is 17.8. The molecule has 0 aliphatic heterocycles. The zero-order chi connectivity index (χ0) is 45.2. The highest BCUT2D eigenvalue weighted by Crippen LogP contribution is 2.48. The van der Waals surface area contributed by atoms with E-state index < -0.39 is 0 Å². The number of nitrogens with zero attached hydrogens (tertiary/aromatic N) is 2. The summed E-state index contributed by atoms with van der Waals surface area (Å²) in [6.07, 6.45) is 0. The lowest BCUT2D eigenvalue weighted by atomic mass is 9.93. The molecular formula is C66H46N2. The maximum atomic E-state index is 2.44. The molecule has 320 valence electrons. The van der Waals surface area contributed by atoms with Crippen molar-refractivity contribution < 1.29 is 0 Å². The van der Waals surface area contributed by atoms with Crippen molar-refractivity contribution in [3.63, 3.8) is 0 Å². The van der Waals surface area contributed by atoms with Crippen molar-refractivity contribution in [2.45, 2.75) is 0 Å². The Balaban J connectivity index is 1.05. The average Bonchev–Trinajstić information content (AvgIpc) is 3.43. The van der Waals surface area contributed by atoms with Crippen molar-refractivity contribution in [2.24, 2.45) is 0 Å². The highest BCUT2D eigenvalue weighted by atomic mass is 15.2. The molecular weight excluding hydrogens is 821 g/mol. The molecule has 0 amide bonds. The third-order valence-corrected chi connectivity index (χ3v) is 13.3. The first-order valence-electron chi connectivity index (χ1n) is 23.3. The Labute approximate surface area is 397 Å². The van der Waals surface area contributed by atoms with Crippen LogP contribution in [0.4, 0.5) is 34.1 Å². The Bertz CT molecular complexity index is 3580. The molecule has 12 aromatic rings. The molecule has 2 nitrogen and oxygen atoms in total. The van der Waals surface area contributed by atoms with Gasteiger partial charge in [-0.3, -0.25) is 0 Å². The first-order chi connectivity index (χ1) is 33.7. The van der Waals surface area contributed by atoms with E-state index in [4.69, 9.17) is 0 Å². The molecule has 0 saturated carbocycles. The summed E-state index contributed by atoms with van der Waals surface area (Å²) >= 11 is 0. The first-order valence-corrected chi connectivity index (χ1v) is 23.3. The molecule has 68 heavy (non-hydrogen) atoms. The van der Waals surface area contributed by atoms with Crippen molar-refractivity contribution in [1.82, 2.24) is 0 Å². The summed E-state index contributed by atoms with van der Waals surface area (Å²) in [5.41, 5.74) is 15.8. The van der Waals surface area contributed by atoms with Gasteiger partial charge in [-0.25, -0.2) is 0 Å². The van der Waals surface area contributed by atoms with Crippen LogP contribution < -0.4 is 9.80 Å². The van der Waals surface area contributed by atoms with Crippen molar-refractivity contribution in [2.75, 3.05) is 9.80 Å². The molecule has 12 rings (SSSR count). The first kappa shape index (κ1) is 40.5. The smallest absolute Gasteiger partial charge is 0.0540 e. The van der Waals surface area contributed by atoms with Crippen LogP contribution in [0, 0.1) is 0 Å². The Morgan fingerprint density at radius 1 is 0.176 bits per heavy atom. The van der Waals surface area contributed by atoms with E-state index in [9.17, 15) is 0 Å². The zero-order valence-electron chi connectivity index (χ0n) is 37.5. The fourth-order valence-corrected chi connectivity index (χ4v) is 9.98. The molecule has 2 heteroatoms. The van der Waals surface area contributed by atoms with Gasteiger partial charge < -0.3 is 9.80 Å². The minimum atomic E-state index is 1.07. The second-order valence-corrected chi connectivity index (χ2v) is 17.3. The van der Waals surface area contributed by atoms with Crippen molar-refractivity contribution in [3.8, 4) is 44.5 Å². The summed E-state index contributed by atoms with van der Waals surface area (Å²) in [5.74, 6) is 0. The van der Waals surface area contributed by atoms with Crippen LogP contribution in [0.3, 0.4) is 0 Å². The monoisotopic (exact) mass is 866 g/mol. The van der Waals surface area contributed by atoms with E-state index in [-0.39, 0.29) is 0 Å². The molecule has 0 heterocycles. The van der Waals surface area contributed by atoms with Gasteiger partial charge in [0.05, 0.1) is 11.4 Å². The Morgan fingerprint density at radius 3 is 0.824 bits per heavy atom. The standard InChI is InChI=1S/C66H46N2/c1-4-18-47(19-5-1)50-32-38-53(39-33-50)67(54-40-34-51(35-41-54)48-20-6-2-7-21-48)65-30-16-14-28-62(65)63-29-15-17-31-66(63)68(55-42-36-52(37-43-55)49-22-8-3-9-23-49)56-44-45-61-59-26-11-10-24-57(59)58-25-12-13-27-60(58)64(61)46-56/h1-46H. The van der Waals surface area contributed by atoms with Gasteiger partial charge in [0.25, 0.3) is 0 Å². The van der Waals surface area contributed by atoms with Crippen LogP contribution in [0.25, 0.3) is 76.8 Å². The van der Waals surface area contributed by atoms with E-state index in [1.165, 1.54) is 65.7 Å². The molecule has 0 fully saturated rings. The Kier molecular flexibility index (Phi) is 10.6. The molecule has 0 saturated heterocycles. The highest BCUT2D eigenvalue weighted by molar-refractivity contribution is 6.26. The topological polar surface area (TPSA) is 6.48 Å². The van der Waals surface area contributed by atoms with Gasteiger partial charge in [-0.15, -0.1) is 0 Å². The fourth-order valence-electron chi connectivity index (χ4n) is 9.98.